The Labute approximate surface area is 107 Å². The van der Waals surface area contributed by atoms with Gasteiger partial charge in [0.1, 0.15) is 5.60 Å². The van der Waals surface area contributed by atoms with E-state index in [0.29, 0.717) is 0 Å². The Bertz CT molecular complexity index is 529. The number of rotatable bonds is 3. The summed E-state index contributed by atoms with van der Waals surface area (Å²) >= 11 is 0. The fourth-order valence-electron chi connectivity index (χ4n) is 2.69. The number of hydrogen-bond donors (Lipinski definition) is 1. The molecule has 0 unspecified atom stereocenters. The van der Waals surface area contributed by atoms with Gasteiger partial charge in [-0.15, -0.1) is 0 Å². The first kappa shape index (κ1) is 11.2. The highest BCUT2D eigenvalue weighted by molar-refractivity contribution is 5.49. The van der Waals surface area contributed by atoms with Gasteiger partial charge in [-0.25, -0.2) is 0 Å². The highest BCUT2D eigenvalue weighted by Crippen LogP contribution is 2.42. The van der Waals surface area contributed by atoms with E-state index in [1.54, 1.807) is 0 Å². The van der Waals surface area contributed by atoms with Crippen molar-refractivity contribution in [3.63, 3.8) is 0 Å². The van der Waals surface area contributed by atoms with Crippen LogP contribution in [0.2, 0.25) is 0 Å². The molecule has 1 nitrogen and oxygen atoms in total. The fraction of sp³-hybridized carbons (Fsp3) is 0.176. The van der Waals surface area contributed by atoms with Crippen LogP contribution < -0.4 is 0 Å². The molecule has 0 atom stereocenters. The smallest absolute Gasteiger partial charge is 0.133 e. The van der Waals surface area contributed by atoms with E-state index in [1.807, 2.05) is 54.6 Å². The van der Waals surface area contributed by atoms with Gasteiger partial charge in [0.15, 0.2) is 0 Å². The summed E-state index contributed by atoms with van der Waals surface area (Å²) in [4.78, 5) is 0. The maximum absolute atomic E-state index is 11.3. The lowest BCUT2D eigenvalue weighted by Gasteiger charge is -2.32. The molecule has 1 heteroatoms. The maximum Gasteiger partial charge on any atom is 0.133 e. The van der Waals surface area contributed by atoms with Crippen molar-refractivity contribution in [3.8, 4) is 0 Å². The second-order valence-electron chi connectivity index (χ2n) is 4.72. The third-order valence-corrected chi connectivity index (χ3v) is 3.66. The molecule has 18 heavy (non-hydrogen) atoms. The molecule has 0 spiro atoms. The van der Waals surface area contributed by atoms with Gasteiger partial charge in [-0.1, -0.05) is 66.8 Å². The van der Waals surface area contributed by atoms with E-state index in [1.165, 1.54) is 0 Å². The number of hydrogen-bond acceptors (Lipinski definition) is 1. The van der Waals surface area contributed by atoms with Crippen molar-refractivity contribution in [2.45, 2.75) is 18.4 Å². The molecule has 1 N–H and O–H groups in total. The van der Waals surface area contributed by atoms with Crippen LogP contribution in [-0.4, -0.2) is 5.11 Å². The highest BCUT2D eigenvalue weighted by atomic mass is 16.3. The first-order valence-corrected chi connectivity index (χ1v) is 6.32. The van der Waals surface area contributed by atoms with E-state index < -0.39 is 5.60 Å². The summed E-state index contributed by atoms with van der Waals surface area (Å²) in [6.07, 6.45) is 13.9. The molecule has 0 aliphatic heterocycles. The maximum atomic E-state index is 11.3. The van der Waals surface area contributed by atoms with Crippen LogP contribution in [0.1, 0.15) is 18.4 Å². The molecule has 90 valence electrons. The molecule has 0 amide bonds. The average Bonchev–Trinajstić information content (AvgIpc) is 3.12. The lowest BCUT2D eigenvalue weighted by Crippen LogP contribution is -2.30. The van der Waals surface area contributed by atoms with Crippen LogP contribution in [0.5, 0.6) is 0 Å². The van der Waals surface area contributed by atoms with Crippen molar-refractivity contribution >= 4 is 0 Å². The van der Waals surface area contributed by atoms with Gasteiger partial charge in [-0.3, -0.25) is 0 Å². The Kier molecular flexibility index (Phi) is 2.77. The standard InChI is InChI=1S/C17H16O/c18-17(15-10-4-5-11-15,16-12-6-7-13-16)14-8-2-1-3-9-14/h1-10,12,18H,11,13H2. The minimum Gasteiger partial charge on any atom is -0.377 e. The van der Waals surface area contributed by atoms with Crippen molar-refractivity contribution in [2.24, 2.45) is 0 Å². The topological polar surface area (TPSA) is 20.2 Å². The molecule has 0 saturated carbocycles. The summed E-state index contributed by atoms with van der Waals surface area (Å²) in [6, 6.07) is 9.93. The summed E-state index contributed by atoms with van der Waals surface area (Å²) in [5.74, 6) is 0. The molecular weight excluding hydrogens is 220 g/mol. The molecule has 0 saturated heterocycles. The molecule has 0 bridgehead atoms. The Morgan fingerprint density at radius 2 is 1.39 bits per heavy atom. The molecule has 0 fully saturated rings. The lowest BCUT2D eigenvalue weighted by molar-refractivity contribution is 0.113. The third kappa shape index (κ3) is 1.68. The quantitative estimate of drug-likeness (QED) is 0.849. The minimum atomic E-state index is -0.950. The summed E-state index contributed by atoms with van der Waals surface area (Å²) in [7, 11) is 0. The van der Waals surface area contributed by atoms with Crippen LogP contribution in [0.15, 0.2) is 77.9 Å². The summed E-state index contributed by atoms with van der Waals surface area (Å²) < 4.78 is 0. The fourth-order valence-corrected chi connectivity index (χ4v) is 2.69. The Morgan fingerprint density at radius 1 is 0.833 bits per heavy atom. The van der Waals surface area contributed by atoms with Crippen molar-refractivity contribution in [1.82, 2.24) is 0 Å². The Morgan fingerprint density at radius 3 is 1.83 bits per heavy atom. The molecule has 2 aliphatic rings. The molecular formula is C17H16O. The summed E-state index contributed by atoms with van der Waals surface area (Å²) in [5.41, 5.74) is 2.12. The third-order valence-electron chi connectivity index (χ3n) is 3.66. The van der Waals surface area contributed by atoms with Crippen molar-refractivity contribution in [1.29, 1.82) is 0 Å². The highest BCUT2D eigenvalue weighted by Gasteiger charge is 2.37. The van der Waals surface area contributed by atoms with E-state index in [-0.39, 0.29) is 0 Å². The van der Waals surface area contributed by atoms with E-state index in [2.05, 4.69) is 12.2 Å². The van der Waals surface area contributed by atoms with E-state index in [9.17, 15) is 5.11 Å². The second kappa shape index (κ2) is 4.43. The van der Waals surface area contributed by atoms with Gasteiger partial charge in [0.2, 0.25) is 0 Å². The molecule has 0 radical (unpaired) electrons. The van der Waals surface area contributed by atoms with Crippen LogP contribution in [0.25, 0.3) is 0 Å². The Balaban J connectivity index is 2.09. The van der Waals surface area contributed by atoms with Crippen LogP contribution in [0.3, 0.4) is 0 Å². The van der Waals surface area contributed by atoms with Gasteiger partial charge in [-0.2, -0.15) is 0 Å². The molecule has 0 aromatic heterocycles. The zero-order valence-corrected chi connectivity index (χ0v) is 10.2. The number of aliphatic hydroxyl groups is 1. The SMILES string of the molecule is OC(C1=CC=CC1)(C1=CC=CC1)c1ccccc1. The molecule has 1 aromatic carbocycles. The zero-order valence-electron chi connectivity index (χ0n) is 10.2. The zero-order chi connectivity index (χ0) is 12.4. The van der Waals surface area contributed by atoms with Gasteiger partial charge < -0.3 is 5.11 Å². The first-order chi connectivity index (χ1) is 8.82. The molecule has 2 aliphatic carbocycles. The normalized spacial score (nSPS) is 18.1. The molecule has 1 aromatic rings. The van der Waals surface area contributed by atoms with Crippen LogP contribution >= 0.6 is 0 Å². The predicted molar refractivity (Wildman–Crippen MR) is 74.0 cm³/mol. The number of allylic oxidation sites excluding steroid dienone is 6. The van der Waals surface area contributed by atoms with Gasteiger partial charge in [0.05, 0.1) is 0 Å². The molecule has 3 rings (SSSR count). The van der Waals surface area contributed by atoms with E-state index in [4.69, 9.17) is 0 Å². The predicted octanol–water partition coefficient (Wildman–Crippen LogP) is 3.65. The van der Waals surface area contributed by atoms with Crippen molar-refractivity contribution < 1.29 is 5.11 Å². The minimum absolute atomic E-state index is 0.822. The Hall–Kier alpha value is -1.86. The van der Waals surface area contributed by atoms with Crippen LogP contribution in [0.4, 0.5) is 0 Å². The summed E-state index contributed by atoms with van der Waals surface area (Å²) in [5, 5.41) is 11.3. The lowest BCUT2D eigenvalue weighted by atomic mass is 9.78. The van der Waals surface area contributed by atoms with Gasteiger partial charge in [-0.05, 0) is 29.6 Å². The monoisotopic (exact) mass is 236 g/mol. The first-order valence-electron chi connectivity index (χ1n) is 6.32. The van der Waals surface area contributed by atoms with E-state index in [0.717, 1.165) is 29.6 Å². The summed E-state index contributed by atoms with van der Waals surface area (Å²) in [6.45, 7) is 0. The van der Waals surface area contributed by atoms with Crippen LogP contribution in [-0.2, 0) is 5.60 Å². The van der Waals surface area contributed by atoms with E-state index >= 15 is 0 Å². The van der Waals surface area contributed by atoms with Gasteiger partial charge >= 0.3 is 0 Å². The van der Waals surface area contributed by atoms with Crippen LogP contribution in [0, 0.1) is 0 Å². The van der Waals surface area contributed by atoms with Crippen molar-refractivity contribution in [3.05, 3.63) is 83.5 Å². The molecule has 0 heterocycles. The largest absolute Gasteiger partial charge is 0.377 e. The van der Waals surface area contributed by atoms with Crippen molar-refractivity contribution in [2.75, 3.05) is 0 Å². The van der Waals surface area contributed by atoms with Gasteiger partial charge in [0, 0.05) is 0 Å². The average molecular weight is 236 g/mol. The second-order valence-corrected chi connectivity index (χ2v) is 4.72. The van der Waals surface area contributed by atoms with Gasteiger partial charge in [0.25, 0.3) is 0 Å². The number of benzene rings is 1.